The van der Waals surface area contributed by atoms with Gasteiger partial charge in [-0.2, -0.15) is 0 Å². The van der Waals surface area contributed by atoms with Crippen molar-refractivity contribution in [3.8, 4) is 0 Å². The van der Waals surface area contributed by atoms with Gasteiger partial charge in [0.25, 0.3) is 0 Å². The molecule has 0 saturated carbocycles. The number of likely N-dealkylation sites (tertiary alicyclic amines) is 1. The molecule has 1 rings (SSSR count). The second-order valence-electron chi connectivity index (χ2n) is 7.60. The van der Waals surface area contributed by atoms with E-state index in [9.17, 15) is 9.90 Å². The monoisotopic (exact) mass is 298 g/mol. The van der Waals surface area contributed by atoms with Crippen LogP contribution in [0.5, 0.6) is 0 Å². The number of hydrogen-bond donors (Lipinski definition) is 2. The summed E-state index contributed by atoms with van der Waals surface area (Å²) in [6.45, 7) is 14.1. The maximum atomic E-state index is 12.2. The zero-order valence-corrected chi connectivity index (χ0v) is 14.6. The zero-order chi connectivity index (χ0) is 16.2. The number of aliphatic hydroxyl groups is 1. The van der Waals surface area contributed by atoms with E-state index in [0.29, 0.717) is 6.04 Å². The molecule has 1 saturated heterocycles. The van der Waals surface area contributed by atoms with Gasteiger partial charge in [-0.25, -0.2) is 0 Å². The predicted molar refractivity (Wildman–Crippen MR) is 87.1 cm³/mol. The Labute approximate surface area is 130 Å². The van der Waals surface area contributed by atoms with E-state index in [1.807, 2.05) is 27.7 Å². The Balaban J connectivity index is 2.76. The Morgan fingerprint density at radius 3 is 2.38 bits per heavy atom. The summed E-state index contributed by atoms with van der Waals surface area (Å²) in [6, 6.07) is 0.636. The molecule has 1 amide bonds. The Bertz CT molecular complexity index is 320. The number of carbonyl (C=O) groups is 1. The lowest BCUT2D eigenvalue weighted by molar-refractivity contribution is -0.130. The maximum absolute atomic E-state index is 12.2. The van der Waals surface area contributed by atoms with E-state index in [1.165, 1.54) is 0 Å². The standard InChI is InChI=1S/C17H34N2O2/c1-7-12(3)19-10-13(15(20)8-2)9-14(11-19)18-16(21)17(4,5)6/h12-15,20H,7-11H2,1-6H3,(H,18,21). The lowest BCUT2D eigenvalue weighted by Gasteiger charge is -2.43. The van der Waals surface area contributed by atoms with Gasteiger partial charge < -0.3 is 10.4 Å². The predicted octanol–water partition coefficient (Wildman–Crippen LogP) is 2.41. The Morgan fingerprint density at radius 2 is 1.90 bits per heavy atom. The molecule has 21 heavy (non-hydrogen) atoms. The highest BCUT2D eigenvalue weighted by molar-refractivity contribution is 5.81. The van der Waals surface area contributed by atoms with Crippen LogP contribution in [0.3, 0.4) is 0 Å². The number of hydrogen-bond acceptors (Lipinski definition) is 3. The number of piperidine rings is 1. The van der Waals surface area contributed by atoms with Gasteiger partial charge in [-0.05, 0) is 32.1 Å². The molecule has 0 aromatic carbocycles. The topological polar surface area (TPSA) is 52.6 Å². The number of rotatable bonds is 5. The van der Waals surface area contributed by atoms with Crippen LogP contribution in [0, 0.1) is 11.3 Å². The van der Waals surface area contributed by atoms with Gasteiger partial charge in [0.1, 0.15) is 0 Å². The van der Waals surface area contributed by atoms with Crippen LogP contribution in [-0.2, 0) is 4.79 Å². The molecule has 4 heteroatoms. The summed E-state index contributed by atoms with van der Waals surface area (Å²) in [7, 11) is 0. The third kappa shape index (κ3) is 5.26. The normalized spacial score (nSPS) is 27.2. The van der Waals surface area contributed by atoms with Gasteiger partial charge >= 0.3 is 0 Å². The van der Waals surface area contributed by atoms with Crippen LogP contribution in [0.2, 0.25) is 0 Å². The number of nitrogens with zero attached hydrogens (tertiary/aromatic N) is 1. The van der Waals surface area contributed by atoms with Gasteiger partial charge in [-0.15, -0.1) is 0 Å². The van der Waals surface area contributed by atoms with E-state index in [2.05, 4.69) is 24.1 Å². The second kappa shape index (κ2) is 7.59. The molecule has 0 aromatic heterocycles. The summed E-state index contributed by atoms with van der Waals surface area (Å²) in [4.78, 5) is 14.7. The minimum absolute atomic E-state index is 0.100. The third-order valence-corrected chi connectivity index (χ3v) is 4.70. The average molecular weight is 298 g/mol. The molecular formula is C17H34N2O2. The van der Waals surface area contributed by atoms with E-state index in [4.69, 9.17) is 0 Å². The van der Waals surface area contributed by atoms with Crippen molar-refractivity contribution < 1.29 is 9.90 Å². The van der Waals surface area contributed by atoms with E-state index in [0.717, 1.165) is 32.4 Å². The van der Waals surface area contributed by atoms with E-state index >= 15 is 0 Å². The molecule has 0 spiro atoms. The van der Waals surface area contributed by atoms with Crippen LogP contribution in [0.25, 0.3) is 0 Å². The quantitative estimate of drug-likeness (QED) is 0.819. The minimum Gasteiger partial charge on any atom is -0.393 e. The molecule has 4 unspecified atom stereocenters. The second-order valence-corrected chi connectivity index (χ2v) is 7.60. The van der Waals surface area contributed by atoms with Crippen molar-refractivity contribution in [2.45, 2.75) is 79.0 Å². The first-order valence-electron chi connectivity index (χ1n) is 8.42. The fraction of sp³-hybridized carbons (Fsp3) is 0.941. The van der Waals surface area contributed by atoms with Crippen molar-refractivity contribution in [1.29, 1.82) is 0 Å². The van der Waals surface area contributed by atoms with E-state index in [-0.39, 0.29) is 29.4 Å². The summed E-state index contributed by atoms with van der Waals surface area (Å²) in [6.07, 6.45) is 2.48. The molecule has 1 fully saturated rings. The number of carbonyl (C=O) groups excluding carboxylic acids is 1. The molecule has 124 valence electrons. The minimum atomic E-state index is -0.364. The highest BCUT2D eigenvalue weighted by Gasteiger charge is 2.34. The first kappa shape index (κ1) is 18.4. The number of nitrogens with one attached hydrogen (secondary N) is 1. The molecule has 4 atom stereocenters. The summed E-state index contributed by atoms with van der Waals surface area (Å²) in [5, 5.41) is 13.4. The van der Waals surface area contributed by atoms with Gasteiger partial charge in [0.2, 0.25) is 5.91 Å². The highest BCUT2D eigenvalue weighted by atomic mass is 16.3. The van der Waals surface area contributed by atoms with E-state index in [1.54, 1.807) is 0 Å². The molecule has 0 bridgehead atoms. The van der Waals surface area contributed by atoms with Crippen LogP contribution in [0.1, 0.15) is 60.8 Å². The Hall–Kier alpha value is -0.610. The lowest BCUT2D eigenvalue weighted by atomic mass is 9.86. The highest BCUT2D eigenvalue weighted by Crippen LogP contribution is 2.25. The van der Waals surface area contributed by atoms with Gasteiger partial charge in [0, 0.05) is 30.6 Å². The van der Waals surface area contributed by atoms with Crippen molar-refractivity contribution >= 4 is 5.91 Å². The van der Waals surface area contributed by atoms with Gasteiger partial charge in [-0.3, -0.25) is 9.69 Å². The zero-order valence-electron chi connectivity index (χ0n) is 14.6. The summed E-state index contributed by atoms with van der Waals surface area (Å²) < 4.78 is 0. The van der Waals surface area contributed by atoms with Gasteiger partial charge in [0.15, 0.2) is 0 Å². The molecule has 0 aromatic rings. The molecule has 4 nitrogen and oxygen atoms in total. The average Bonchev–Trinajstić information content (AvgIpc) is 2.44. The fourth-order valence-corrected chi connectivity index (χ4v) is 2.91. The first-order valence-corrected chi connectivity index (χ1v) is 8.42. The SMILES string of the molecule is CCC(O)C1CC(NC(=O)C(C)(C)C)CN(C(C)CC)C1. The first-order chi connectivity index (χ1) is 9.68. The van der Waals surface area contributed by atoms with Gasteiger partial charge in [0.05, 0.1) is 6.10 Å². The molecule has 1 heterocycles. The lowest BCUT2D eigenvalue weighted by Crippen LogP contribution is -2.56. The fourth-order valence-electron chi connectivity index (χ4n) is 2.91. The number of aliphatic hydroxyl groups excluding tert-OH is 1. The summed E-state index contributed by atoms with van der Waals surface area (Å²) in [5.74, 6) is 0.353. The Morgan fingerprint density at radius 1 is 1.29 bits per heavy atom. The third-order valence-electron chi connectivity index (χ3n) is 4.70. The van der Waals surface area contributed by atoms with Crippen LogP contribution in [0.15, 0.2) is 0 Å². The number of amides is 1. The van der Waals surface area contributed by atoms with Crippen molar-refractivity contribution in [2.75, 3.05) is 13.1 Å². The summed E-state index contributed by atoms with van der Waals surface area (Å²) in [5.41, 5.74) is -0.364. The smallest absolute Gasteiger partial charge is 0.225 e. The van der Waals surface area contributed by atoms with Crippen LogP contribution in [-0.4, -0.2) is 47.2 Å². The van der Waals surface area contributed by atoms with Crippen LogP contribution < -0.4 is 5.32 Å². The van der Waals surface area contributed by atoms with Crippen molar-refractivity contribution in [1.82, 2.24) is 10.2 Å². The van der Waals surface area contributed by atoms with Crippen LogP contribution in [0.4, 0.5) is 0 Å². The molecule has 0 aliphatic carbocycles. The molecule has 1 aliphatic heterocycles. The molecule has 1 aliphatic rings. The molecule has 0 radical (unpaired) electrons. The van der Waals surface area contributed by atoms with Crippen LogP contribution >= 0.6 is 0 Å². The molecular weight excluding hydrogens is 264 g/mol. The largest absolute Gasteiger partial charge is 0.393 e. The summed E-state index contributed by atoms with van der Waals surface area (Å²) >= 11 is 0. The van der Waals surface area contributed by atoms with Crippen molar-refractivity contribution in [3.05, 3.63) is 0 Å². The Kier molecular flexibility index (Phi) is 6.67. The van der Waals surface area contributed by atoms with Gasteiger partial charge in [-0.1, -0.05) is 34.6 Å². The maximum Gasteiger partial charge on any atom is 0.225 e. The van der Waals surface area contributed by atoms with E-state index < -0.39 is 0 Å². The van der Waals surface area contributed by atoms with Crippen molar-refractivity contribution in [3.63, 3.8) is 0 Å². The van der Waals surface area contributed by atoms with Crippen molar-refractivity contribution in [2.24, 2.45) is 11.3 Å². The molecule has 2 N–H and O–H groups in total.